The maximum atomic E-state index is 13.1. The van der Waals surface area contributed by atoms with Gasteiger partial charge in [0, 0.05) is 30.6 Å². The number of benzene rings is 1. The molecule has 1 amide bonds. The Morgan fingerprint density at radius 3 is 2.76 bits per heavy atom. The van der Waals surface area contributed by atoms with Crippen LogP contribution in [-0.4, -0.2) is 51.2 Å². The molecule has 1 aliphatic heterocycles. The molecule has 0 fully saturated rings. The third kappa shape index (κ3) is 4.04. The van der Waals surface area contributed by atoms with E-state index in [0.717, 1.165) is 24.2 Å². The van der Waals surface area contributed by atoms with Crippen molar-refractivity contribution in [1.29, 1.82) is 0 Å². The molecule has 0 radical (unpaired) electrons. The Kier molecular flexibility index (Phi) is 5.13. The SMILES string of the molecule is CC(C)N(C)CC(=O)N[C@H]1CCc2nnc(-c3ccc(F)cc3)n2C1. The van der Waals surface area contributed by atoms with Crippen LogP contribution in [0, 0.1) is 5.82 Å². The van der Waals surface area contributed by atoms with Gasteiger partial charge in [-0.15, -0.1) is 10.2 Å². The van der Waals surface area contributed by atoms with Crippen molar-refractivity contribution in [2.45, 2.75) is 45.3 Å². The van der Waals surface area contributed by atoms with Crippen molar-refractivity contribution < 1.29 is 9.18 Å². The van der Waals surface area contributed by atoms with Gasteiger partial charge in [0.1, 0.15) is 11.6 Å². The Morgan fingerprint density at radius 1 is 1.36 bits per heavy atom. The first-order valence-corrected chi connectivity index (χ1v) is 8.61. The molecule has 3 rings (SSSR count). The van der Waals surface area contributed by atoms with Gasteiger partial charge in [0.2, 0.25) is 5.91 Å². The van der Waals surface area contributed by atoms with Crippen LogP contribution in [0.5, 0.6) is 0 Å². The van der Waals surface area contributed by atoms with Gasteiger partial charge >= 0.3 is 0 Å². The van der Waals surface area contributed by atoms with E-state index < -0.39 is 0 Å². The van der Waals surface area contributed by atoms with Crippen molar-refractivity contribution in [2.75, 3.05) is 13.6 Å². The zero-order valence-corrected chi connectivity index (χ0v) is 14.9. The van der Waals surface area contributed by atoms with Crippen molar-refractivity contribution in [1.82, 2.24) is 25.0 Å². The molecule has 0 unspecified atom stereocenters. The summed E-state index contributed by atoms with van der Waals surface area (Å²) in [5.74, 6) is 1.37. The van der Waals surface area contributed by atoms with Crippen molar-refractivity contribution in [2.24, 2.45) is 0 Å². The first kappa shape index (κ1) is 17.5. The molecule has 0 spiro atoms. The number of aryl methyl sites for hydroxylation is 1. The molecule has 0 bridgehead atoms. The molecule has 6 nitrogen and oxygen atoms in total. The lowest BCUT2D eigenvalue weighted by Crippen LogP contribution is -2.46. The van der Waals surface area contributed by atoms with Gasteiger partial charge in [0.15, 0.2) is 5.82 Å². The Bertz CT molecular complexity index is 740. The Balaban J connectivity index is 1.69. The third-order valence-corrected chi connectivity index (χ3v) is 4.69. The van der Waals surface area contributed by atoms with E-state index in [0.29, 0.717) is 25.0 Å². The second-order valence-corrected chi connectivity index (χ2v) is 6.87. The average Bonchev–Trinajstić information content (AvgIpc) is 2.98. The largest absolute Gasteiger partial charge is 0.350 e. The van der Waals surface area contributed by atoms with Gasteiger partial charge in [-0.05, 0) is 51.6 Å². The number of rotatable bonds is 5. The number of carbonyl (C=O) groups excluding carboxylic acids is 1. The molecule has 1 aromatic carbocycles. The van der Waals surface area contributed by atoms with Gasteiger partial charge in [-0.1, -0.05) is 0 Å². The van der Waals surface area contributed by atoms with Gasteiger partial charge in [-0.25, -0.2) is 4.39 Å². The summed E-state index contributed by atoms with van der Waals surface area (Å²) in [6.07, 6.45) is 1.61. The van der Waals surface area contributed by atoms with Crippen LogP contribution in [0.15, 0.2) is 24.3 Å². The van der Waals surface area contributed by atoms with Crippen LogP contribution < -0.4 is 5.32 Å². The number of nitrogens with zero attached hydrogens (tertiary/aromatic N) is 4. The molecular formula is C18H24FN5O. The average molecular weight is 345 g/mol. The monoisotopic (exact) mass is 345 g/mol. The molecule has 0 saturated heterocycles. The van der Waals surface area contributed by atoms with Gasteiger partial charge in [-0.3, -0.25) is 9.69 Å². The Labute approximate surface area is 147 Å². The van der Waals surface area contributed by atoms with Crippen LogP contribution in [0.4, 0.5) is 4.39 Å². The highest BCUT2D eigenvalue weighted by molar-refractivity contribution is 5.78. The van der Waals surface area contributed by atoms with Crippen LogP contribution in [0.1, 0.15) is 26.1 Å². The molecule has 0 aliphatic carbocycles. The van der Waals surface area contributed by atoms with Gasteiger partial charge in [0.05, 0.1) is 6.54 Å². The molecule has 1 atom stereocenters. The normalized spacial score (nSPS) is 17.0. The minimum Gasteiger partial charge on any atom is -0.350 e. The molecule has 1 aliphatic rings. The zero-order valence-electron chi connectivity index (χ0n) is 14.9. The highest BCUT2D eigenvalue weighted by Gasteiger charge is 2.25. The number of hydrogen-bond donors (Lipinski definition) is 1. The summed E-state index contributed by atoms with van der Waals surface area (Å²) in [5, 5.41) is 11.6. The van der Waals surface area contributed by atoms with Crippen molar-refractivity contribution >= 4 is 5.91 Å². The summed E-state index contributed by atoms with van der Waals surface area (Å²) in [6, 6.07) is 6.61. The predicted molar refractivity (Wildman–Crippen MR) is 93.4 cm³/mol. The van der Waals surface area contributed by atoms with Gasteiger partial charge < -0.3 is 9.88 Å². The minimum atomic E-state index is -0.276. The fraction of sp³-hybridized carbons (Fsp3) is 0.500. The summed E-state index contributed by atoms with van der Waals surface area (Å²) in [4.78, 5) is 14.2. The molecule has 0 saturated carbocycles. The van der Waals surface area contributed by atoms with Crippen molar-refractivity contribution in [3.8, 4) is 11.4 Å². The summed E-state index contributed by atoms with van der Waals surface area (Å²) < 4.78 is 15.2. The van der Waals surface area contributed by atoms with E-state index in [1.54, 1.807) is 12.1 Å². The van der Waals surface area contributed by atoms with Gasteiger partial charge in [-0.2, -0.15) is 0 Å². The number of likely N-dealkylation sites (N-methyl/N-ethyl adjacent to an activating group) is 1. The lowest BCUT2D eigenvalue weighted by Gasteiger charge is -2.27. The minimum absolute atomic E-state index is 0.0288. The van der Waals surface area contributed by atoms with E-state index in [2.05, 4.69) is 29.4 Å². The van der Waals surface area contributed by atoms with Crippen molar-refractivity contribution in [3.05, 3.63) is 35.9 Å². The fourth-order valence-corrected chi connectivity index (χ4v) is 2.94. The fourth-order valence-electron chi connectivity index (χ4n) is 2.94. The lowest BCUT2D eigenvalue weighted by molar-refractivity contribution is -0.123. The number of carbonyl (C=O) groups is 1. The number of fused-ring (bicyclic) bond motifs is 1. The lowest BCUT2D eigenvalue weighted by atomic mass is 10.1. The second kappa shape index (κ2) is 7.31. The van der Waals surface area contributed by atoms with E-state index in [1.165, 1.54) is 12.1 Å². The molecular weight excluding hydrogens is 321 g/mol. The maximum absolute atomic E-state index is 13.1. The molecule has 134 valence electrons. The van der Waals surface area contributed by atoms with E-state index in [1.807, 2.05) is 16.5 Å². The van der Waals surface area contributed by atoms with Crippen LogP contribution in [0.25, 0.3) is 11.4 Å². The summed E-state index contributed by atoms with van der Waals surface area (Å²) in [7, 11) is 1.94. The zero-order chi connectivity index (χ0) is 18.0. The molecule has 25 heavy (non-hydrogen) atoms. The van der Waals surface area contributed by atoms with Crippen LogP contribution in [0.3, 0.4) is 0 Å². The van der Waals surface area contributed by atoms with Crippen LogP contribution in [0.2, 0.25) is 0 Å². The molecule has 2 heterocycles. The smallest absolute Gasteiger partial charge is 0.234 e. The van der Waals surface area contributed by atoms with Crippen LogP contribution in [-0.2, 0) is 17.8 Å². The summed E-state index contributed by atoms with van der Waals surface area (Å²) in [5.41, 5.74) is 0.826. The maximum Gasteiger partial charge on any atom is 0.234 e. The molecule has 2 aromatic rings. The van der Waals surface area contributed by atoms with Crippen molar-refractivity contribution in [3.63, 3.8) is 0 Å². The predicted octanol–water partition coefficient (Wildman–Crippen LogP) is 1.86. The topological polar surface area (TPSA) is 63.1 Å². The third-order valence-electron chi connectivity index (χ3n) is 4.69. The Hall–Kier alpha value is -2.28. The first-order valence-electron chi connectivity index (χ1n) is 8.61. The standard InChI is InChI=1S/C18H24FN5O/c1-12(2)23(3)11-17(25)20-15-8-9-16-21-22-18(24(16)10-15)13-4-6-14(19)7-5-13/h4-7,12,15H,8-11H2,1-3H3,(H,20,25)/t15-/m0/s1. The van der Waals surface area contributed by atoms with E-state index in [-0.39, 0.29) is 17.8 Å². The number of nitrogens with one attached hydrogen (secondary N) is 1. The molecule has 1 aromatic heterocycles. The number of amides is 1. The molecule has 7 heteroatoms. The van der Waals surface area contributed by atoms with Gasteiger partial charge in [0.25, 0.3) is 0 Å². The van der Waals surface area contributed by atoms with E-state index >= 15 is 0 Å². The quantitative estimate of drug-likeness (QED) is 0.898. The first-order chi connectivity index (χ1) is 11.9. The van der Waals surface area contributed by atoms with E-state index in [4.69, 9.17) is 0 Å². The Morgan fingerprint density at radius 2 is 2.08 bits per heavy atom. The number of aromatic nitrogens is 3. The number of hydrogen-bond acceptors (Lipinski definition) is 4. The summed E-state index contributed by atoms with van der Waals surface area (Å²) >= 11 is 0. The highest BCUT2D eigenvalue weighted by atomic mass is 19.1. The van der Waals surface area contributed by atoms with E-state index in [9.17, 15) is 9.18 Å². The highest BCUT2D eigenvalue weighted by Crippen LogP contribution is 2.23. The van der Waals surface area contributed by atoms with Crippen LogP contribution >= 0.6 is 0 Å². The second-order valence-electron chi connectivity index (χ2n) is 6.87. The number of halogens is 1. The molecule has 1 N–H and O–H groups in total. The summed E-state index contributed by atoms with van der Waals surface area (Å²) in [6.45, 7) is 5.14.